The molecule has 1 saturated carbocycles. The molecule has 2 N–H and O–H groups in total. The molecule has 0 aliphatic heterocycles. The van der Waals surface area contributed by atoms with Gasteiger partial charge in [0, 0.05) is 13.2 Å². The largest absolute Gasteiger partial charge is 0.372 e. The highest BCUT2D eigenvalue weighted by atomic mass is 32.1. The Morgan fingerprint density at radius 2 is 2.43 bits per heavy atom. The van der Waals surface area contributed by atoms with Gasteiger partial charge >= 0.3 is 0 Å². The van der Waals surface area contributed by atoms with E-state index < -0.39 is 0 Å². The Balaban J connectivity index is 1.74. The van der Waals surface area contributed by atoms with Crippen LogP contribution in [0.5, 0.6) is 0 Å². The summed E-state index contributed by atoms with van der Waals surface area (Å²) >= 11 is 1.70. The monoisotopic (exact) mass is 211 g/mol. The lowest BCUT2D eigenvalue weighted by atomic mass is 10.2. The summed E-state index contributed by atoms with van der Waals surface area (Å²) in [6.45, 7) is 1.45. The minimum Gasteiger partial charge on any atom is -0.372 e. The third kappa shape index (κ3) is 2.80. The Hall–Kier alpha value is -0.380. The summed E-state index contributed by atoms with van der Waals surface area (Å²) in [5.74, 6) is 0.941. The van der Waals surface area contributed by atoms with Gasteiger partial charge in [-0.25, -0.2) is 0 Å². The van der Waals surface area contributed by atoms with Crippen LogP contribution in [0.25, 0.3) is 0 Å². The average Bonchev–Trinajstić information content (AvgIpc) is 2.86. The lowest BCUT2D eigenvalue weighted by molar-refractivity contribution is 0.0548. The zero-order chi connectivity index (χ0) is 9.80. The zero-order valence-electron chi connectivity index (χ0n) is 8.32. The molecule has 1 fully saturated rings. The van der Waals surface area contributed by atoms with Crippen molar-refractivity contribution in [2.75, 3.05) is 13.2 Å². The van der Waals surface area contributed by atoms with E-state index in [4.69, 9.17) is 10.5 Å². The van der Waals surface area contributed by atoms with Gasteiger partial charge in [-0.1, -0.05) is 12.8 Å². The van der Waals surface area contributed by atoms with Crippen molar-refractivity contribution in [3.8, 4) is 0 Å². The summed E-state index contributed by atoms with van der Waals surface area (Å²) in [4.78, 5) is 0. The van der Waals surface area contributed by atoms with Crippen molar-refractivity contribution < 1.29 is 4.74 Å². The van der Waals surface area contributed by atoms with Crippen LogP contribution in [0.1, 0.15) is 30.9 Å². The second-order valence-corrected chi connectivity index (χ2v) is 4.66. The van der Waals surface area contributed by atoms with Crippen LogP contribution in [0.4, 0.5) is 0 Å². The number of ether oxygens (including phenoxy) is 1. The van der Waals surface area contributed by atoms with E-state index in [0.717, 1.165) is 12.5 Å². The lowest BCUT2D eigenvalue weighted by Gasteiger charge is -2.14. The SMILES string of the molecule is NCC(OCCC1CC1)c1ccsc1. The summed E-state index contributed by atoms with van der Waals surface area (Å²) in [6.07, 6.45) is 4.12. The third-order valence-corrected chi connectivity index (χ3v) is 3.37. The molecule has 0 saturated heterocycles. The minimum absolute atomic E-state index is 0.111. The van der Waals surface area contributed by atoms with E-state index in [0.29, 0.717) is 6.54 Å². The first-order chi connectivity index (χ1) is 6.90. The molecule has 1 aromatic rings. The van der Waals surface area contributed by atoms with Gasteiger partial charge in [0.1, 0.15) is 0 Å². The predicted molar refractivity (Wildman–Crippen MR) is 59.4 cm³/mol. The predicted octanol–water partition coefficient (Wildman–Crippen LogP) is 2.56. The van der Waals surface area contributed by atoms with Crippen molar-refractivity contribution in [2.24, 2.45) is 11.7 Å². The summed E-state index contributed by atoms with van der Waals surface area (Å²) in [6, 6.07) is 2.10. The van der Waals surface area contributed by atoms with Crippen molar-refractivity contribution in [1.29, 1.82) is 0 Å². The molecule has 1 aromatic heterocycles. The number of hydrogen-bond acceptors (Lipinski definition) is 3. The van der Waals surface area contributed by atoms with Crippen LogP contribution in [0.15, 0.2) is 16.8 Å². The van der Waals surface area contributed by atoms with Crippen molar-refractivity contribution in [1.82, 2.24) is 0 Å². The molecular weight excluding hydrogens is 194 g/mol. The molecule has 0 amide bonds. The summed E-state index contributed by atoms with van der Waals surface area (Å²) in [5, 5.41) is 4.19. The molecule has 1 aliphatic rings. The maximum Gasteiger partial charge on any atom is 0.0955 e. The standard InChI is InChI=1S/C11H17NOS/c12-7-11(10-4-6-14-8-10)13-5-3-9-1-2-9/h4,6,8-9,11H,1-3,5,7,12H2. The minimum atomic E-state index is 0.111. The highest BCUT2D eigenvalue weighted by Crippen LogP contribution is 2.32. The Labute approximate surface area is 89.1 Å². The molecule has 0 spiro atoms. The Kier molecular flexibility index (Phi) is 3.56. The maximum atomic E-state index is 5.77. The summed E-state index contributed by atoms with van der Waals surface area (Å²) < 4.78 is 5.77. The van der Waals surface area contributed by atoms with E-state index in [9.17, 15) is 0 Å². The maximum absolute atomic E-state index is 5.77. The smallest absolute Gasteiger partial charge is 0.0955 e. The zero-order valence-corrected chi connectivity index (χ0v) is 9.13. The Bertz CT molecular complexity index is 256. The van der Waals surface area contributed by atoms with Crippen LogP contribution in [0.3, 0.4) is 0 Å². The van der Waals surface area contributed by atoms with Gasteiger partial charge in [-0.05, 0) is 34.7 Å². The van der Waals surface area contributed by atoms with Crippen molar-refractivity contribution in [3.63, 3.8) is 0 Å². The van der Waals surface area contributed by atoms with Gasteiger partial charge in [0.2, 0.25) is 0 Å². The number of nitrogens with two attached hydrogens (primary N) is 1. The quantitative estimate of drug-likeness (QED) is 0.785. The molecule has 2 rings (SSSR count). The third-order valence-electron chi connectivity index (χ3n) is 2.67. The second-order valence-electron chi connectivity index (χ2n) is 3.88. The van der Waals surface area contributed by atoms with Gasteiger partial charge in [0.15, 0.2) is 0 Å². The molecule has 0 bridgehead atoms. The van der Waals surface area contributed by atoms with Crippen molar-refractivity contribution in [3.05, 3.63) is 22.4 Å². The molecule has 1 heterocycles. The van der Waals surface area contributed by atoms with E-state index in [2.05, 4.69) is 16.8 Å². The summed E-state index contributed by atoms with van der Waals surface area (Å²) in [7, 11) is 0. The Morgan fingerprint density at radius 3 is 3.00 bits per heavy atom. The average molecular weight is 211 g/mol. The normalized spacial score (nSPS) is 18.4. The molecule has 1 unspecified atom stereocenters. The topological polar surface area (TPSA) is 35.2 Å². The van der Waals surface area contributed by atoms with E-state index in [1.54, 1.807) is 11.3 Å². The van der Waals surface area contributed by atoms with Crippen LogP contribution in [-0.2, 0) is 4.74 Å². The number of rotatable bonds is 6. The van der Waals surface area contributed by atoms with Crippen LogP contribution in [0, 0.1) is 5.92 Å². The molecule has 14 heavy (non-hydrogen) atoms. The van der Waals surface area contributed by atoms with Gasteiger partial charge in [-0.2, -0.15) is 11.3 Å². The van der Waals surface area contributed by atoms with Crippen molar-refractivity contribution in [2.45, 2.75) is 25.4 Å². The molecule has 1 atom stereocenters. The fourth-order valence-electron chi connectivity index (χ4n) is 1.54. The van der Waals surface area contributed by atoms with Crippen LogP contribution in [-0.4, -0.2) is 13.2 Å². The van der Waals surface area contributed by atoms with Crippen LogP contribution < -0.4 is 5.73 Å². The molecule has 2 nitrogen and oxygen atoms in total. The van der Waals surface area contributed by atoms with E-state index in [1.165, 1.54) is 24.8 Å². The first-order valence-corrected chi connectivity index (χ1v) is 6.18. The fourth-order valence-corrected chi connectivity index (χ4v) is 2.24. The molecule has 1 aliphatic carbocycles. The molecule has 3 heteroatoms. The van der Waals surface area contributed by atoms with Gasteiger partial charge in [0.05, 0.1) is 6.10 Å². The van der Waals surface area contributed by atoms with E-state index in [-0.39, 0.29) is 6.10 Å². The Morgan fingerprint density at radius 1 is 1.57 bits per heavy atom. The lowest BCUT2D eigenvalue weighted by Crippen LogP contribution is -2.16. The van der Waals surface area contributed by atoms with Gasteiger partial charge < -0.3 is 10.5 Å². The fraction of sp³-hybridized carbons (Fsp3) is 0.636. The van der Waals surface area contributed by atoms with Crippen LogP contribution >= 0.6 is 11.3 Å². The first-order valence-electron chi connectivity index (χ1n) is 5.24. The van der Waals surface area contributed by atoms with E-state index >= 15 is 0 Å². The van der Waals surface area contributed by atoms with Crippen molar-refractivity contribution >= 4 is 11.3 Å². The number of hydrogen-bond donors (Lipinski definition) is 1. The molecule has 0 aromatic carbocycles. The highest BCUT2D eigenvalue weighted by molar-refractivity contribution is 7.07. The molecule has 0 radical (unpaired) electrons. The van der Waals surface area contributed by atoms with Gasteiger partial charge in [0.25, 0.3) is 0 Å². The van der Waals surface area contributed by atoms with Crippen LogP contribution in [0.2, 0.25) is 0 Å². The molecular formula is C11H17NOS. The highest BCUT2D eigenvalue weighted by Gasteiger charge is 2.21. The number of thiophene rings is 1. The second kappa shape index (κ2) is 4.91. The van der Waals surface area contributed by atoms with E-state index in [1.807, 2.05) is 0 Å². The van der Waals surface area contributed by atoms with Gasteiger partial charge in [-0.3, -0.25) is 0 Å². The summed E-state index contributed by atoms with van der Waals surface area (Å²) in [5.41, 5.74) is 6.91. The molecule has 78 valence electrons. The van der Waals surface area contributed by atoms with Gasteiger partial charge in [-0.15, -0.1) is 0 Å². The first kappa shape index (κ1) is 10.1.